The summed E-state index contributed by atoms with van der Waals surface area (Å²) in [5.74, 6) is 0.749. The lowest BCUT2D eigenvalue weighted by Crippen LogP contribution is -2.43. The fraction of sp³-hybridized carbons (Fsp3) is 0.409. The van der Waals surface area contributed by atoms with Crippen molar-refractivity contribution in [3.63, 3.8) is 0 Å². The number of nitrogens with zero attached hydrogens (tertiary/aromatic N) is 4. The van der Waals surface area contributed by atoms with Crippen molar-refractivity contribution < 1.29 is 10.2 Å². The molecular formula is C22H28ClN7O2. The standard InChI is InChI=1S/C22H28ClN7O2/c23-18-13-24-22(27-17-12-25-30(14-17)10-11-31)29-20(18)28-19(15-6-2-1-3-7-15)21(32)26-16-8-4-5-9-16/h1-3,6-7,12-14,16,19,21,26,31-32H,4-5,8-11H2,(H2,24,27,28,29)/t19-,21?/m0/s1. The Morgan fingerprint density at radius 2 is 1.94 bits per heavy atom. The molecule has 2 aromatic heterocycles. The minimum absolute atomic E-state index is 0.00469. The second-order valence-electron chi connectivity index (χ2n) is 7.86. The summed E-state index contributed by atoms with van der Waals surface area (Å²) >= 11 is 6.39. The normalized spacial score (nSPS) is 16.1. The summed E-state index contributed by atoms with van der Waals surface area (Å²) in [7, 11) is 0. The summed E-state index contributed by atoms with van der Waals surface area (Å²) < 4.78 is 1.62. The van der Waals surface area contributed by atoms with Crippen LogP contribution in [0.3, 0.4) is 0 Å². The van der Waals surface area contributed by atoms with Gasteiger partial charge in [0.1, 0.15) is 11.3 Å². The van der Waals surface area contributed by atoms with Crippen LogP contribution in [0.25, 0.3) is 0 Å². The third kappa shape index (κ3) is 5.74. The molecule has 0 bridgehead atoms. The summed E-state index contributed by atoms with van der Waals surface area (Å²) in [5, 5.41) is 34.3. The maximum Gasteiger partial charge on any atom is 0.229 e. The molecule has 4 rings (SSSR count). The Hall–Kier alpha value is -2.72. The summed E-state index contributed by atoms with van der Waals surface area (Å²) in [5.41, 5.74) is 1.61. The first-order chi connectivity index (χ1) is 15.6. The zero-order valence-electron chi connectivity index (χ0n) is 17.7. The highest BCUT2D eigenvalue weighted by Gasteiger charge is 2.26. The van der Waals surface area contributed by atoms with Crippen LogP contribution in [0.5, 0.6) is 0 Å². The van der Waals surface area contributed by atoms with E-state index in [1.165, 1.54) is 19.0 Å². The van der Waals surface area contributed by atoms with Crippen molar-refractivity contribution in [1.82, 2.24) is 25.1 Å². The maximum absolute atomic E-state index is 11.0. The van der Waals surface area contributed by atoms with Gasteiger partial charge in [-0.05, 0) is 18.4 Å². The molecule has 0 aliphatic heterocycles. The zero-order chi connectivity index (χ0) is 22.3. The topological polar surface area (TPSA) is 120 Å². The molecule has 1 aliphatic carbocycles. The van der Waals surface area contributed by atoms with Gasteiger partial charge in [0, 0.05) is 12.2 Å². The average Bonchev–Trinajstić information content (AvgIpc) is 3.47. The second-order valence-corrected chi connectivity index (χ2v) is 8.26. The van der Waals surface area contributed by atoms with E-state index in [9.17, 15) is 5.11 Å². The molecule has 1 unspecified atom stereocenters. The molecule has 5 N–H and O–H groups in total. The third-order valence-corrected chi connectivity index (χ3v) is 5.77. The van der Waals surface area contributed by atoms with Gasteiger partial charge in [-0.3, -0.25) is 10.00 Å². The first-order valence-electron chi connectivity index (χ1n) is 10.8. The number of halogens is 1. The molecule has 1 aromatic carbocycles. The fourth-order valence-electron chi connectivity index (χ4n) is 3.89. The molecule has 2 atom stereocenters. The number of rotatable bonds is 10. The number of aliphatic hydroxyl groups excluding tert-OH is 2. The maximum atomic E-state index is 11.0. The van der Waals surface area contributed by atoms with Crippen LogP contribution in [0, 0.1) is 0 Å². The van der Waals surface area contributed by atoms with Gasteiger partial charge >= 0.3 is 0 Å². The molecule has 2 heterocycles. The Balaban J connectivity index is 1.53. The molecule has 0 radical (unpaired) electrons. The van der Waals surface area contributed by atoms with Crippen molar-refractivity contribution in [2.24, 2.45) is 0 Å². The van der Waals surface area contributed by atoms with E-state index in [1.54, 1.807) is 17.1 Å². The summed E-state index contributed by atoms with van der Waals surface area (Å²) in [6, 6.07) is 9.57. The number of nitrogens with one attached hydrogen (secondary N) is 3. The first-order valence-corrected chi connectivity index (χ1v) is 11.2. The Labute approximate surface area is 191 Å². The number of aliphatic hydroxyl groups is 2. The smallest absolute Gasteiger partial charge is 0.229 e. The van der Waals surface area contributed by atoms with Crippen molar-refractivity contribution in [2.75, 3.05) is 17.2 Å². The van der Waals surface area contributed by atoms with Crippen molar-refractivity contribution in [1.29, 1.82) is 0 Å². The first kappa shape index (κ1) is 22.5. The Morgan fingerprint density at radius 1 is 1.16 bits per heavy atom. The molecule has 170 valence electrons. The minimum atomic E-state index is -0.820. The van der Waals surface area contributed by atoms with Gasteiger partial charge < -0.3 is 20.8 Å². The van der Waals surface area contributed by atoms with E-state index in [-0.39, 0.29) is 6.61 Å². The van der Waals surface area contributed by atoms with E-state index in [2.05, 4.69) is 31.0 Å². The van der Waals surface area contributed by atoms with Gasteiger partial charge in [0.2, 0.25) is 5.95 Å². The number of benzene rings is 1. The predicted octanol–water partition coefficient (Wildman–Crippen LogP) is 3.07. The van der Waals surface area contributed by atoms with Gasteiger partial charge in [-0.25, -0.2) is 4.98 Å². The summed E-state index contributed by atoms with van der Waals surface area (Å²) in [6.45, 7) is 0.408. The highest BCUT2D eigenvalue weighted by Crippen LogP contribution is 2.28. The Bertz CT molecular complexity index is 995. The number of aromatic nitrogens is 4. The SMILES string of the molecule is OCCn1cc(Nc2ncc(Cl)c(N[C@@H](c3ccccc3)C(O)NC3CCCC3)n2)cn1. The lowest BCUT2D eigenvalue weighted by molar-refractivity contribution is 0.102. The predicted molar refractivity (Wildman–Crippen MR) is 124 cm³/mol. The molecule has 1 fully saturated rings. The molecule has 0 saturated heterocycles. The molecular weight excluding hydrogens is 430 g/mol. The van der Waals surface area contributed by atoms with Crippen molar-refractivity contribution >= 4 is 29.1 Å². The van der Waals surface area contributed by atoms with Gasteiger partial charge in [-0.1, -0.05) is 54.8 Å². The fourth-order valence-corrected chi connectivity index (χ4v) is 4.04. The van der Waals surface area contributed by atoms with Crippen molar-refractivity contribution in [2.45, 2.75) is 50.5 Å². The molecule has 32 heavy (non-hydrogen) atoms. The third-order valence-electron chi connectivity index (χ3n) is 5.49. The quantitative estimate of drug-likeness (QED) is 0.295. The van der Waals surface area contributed by atoms with Crippen LogP contribution in [0.4, 0.5) is 17.5 Å². The van der Waals surface area contributed by atoms with Gasteiger partial charge in [-0.15, -0.1) is 0 Å². The molecule has 1 aliphatic rings. The minimum Gasteiger partial charge on any atom is -0.394 e. The van der Waals surface area contributed by atoms with Gasteiger partial charge in [0.15, 0.2) is 5.82 Å². The van der Waals surface area contributed by atoms with Gasteiger partial charge in [-0.2, -0.15) is 10.1 Å². The second kappa shape index (κ2) is 10.7. The molecule has 0 amide bonds. The summed E-state index contributed by atoms with van der Waals surface area (Å²) in [6.07, 6.45) is 8.54. The van der Waals surface area contributed by atoms with E-state index in [0.717, 1.165) is 18.4 Å². The van der Waals surface area contributed by atoms with Crippen LogP contribution in [0.15, 0.2) is 48.9 Å². The van der Waals surface area contributed by atoms with E-state index < -0.39 is 12.3 Å². The zero-order valence-corrected chi connectivity index (χ0v) is 18.4. The lowest BCUT2D eigenvalue weighted by Gasteiger charge is -2.28. The lowest BCUT2D eigenvalue weighted by atomic mass is 10.0. The van der Waals surface area contributed by atoms with E-state index >= 15 is 0 Å². The van der Waals surface area contributed by atoms with Crippen molar-refractivity contribution in [3.8, 4) is 0 Å². The van der Waals surface area contributed by atoms with Gasteiger partial charge in [0.05, 0.1) is 37.3 Å². The molecule has 9 nitrogen and oxygen atoms in total. The number of anilines is 3. The average molecular weight is 458 g/mol. The highest BCUT2D eigenvalue weighted by molar-refractivity contribution is 6.32. The van der Waals surface area contributed by atoms with Crippen LogP contribution in [0.2, 0.25) is 5.02 Å². The van der Waals surface area contributed by atoms with Crippen LogP contribution < -0.4 is 16.0 Å². The van der Waals surface area contributed by atoms with Crippen LogP contribution in [0.1, 0.15) is 37.3 Å². The number of hydrogen-bond acceptors (Lipinski definition) is 8. The number of hydrogen-bond donors (Lipinski definition) is 5. The highest BCUT2D eigenvalue weighted by atomic mass is 35.5. The van der Waals surface area contributed by atoms with Crippen LogP contribution in [-0.2, 0) is 6.54 Å². The monoisotopic (exact) mass is 457 g/mol. The van der Waals surface area contributed by atoms with Crippen LogP contribution >= 0.6 is 11.6 Å². The van der Waals surface area contributed by atoms with E-state index in [1.807, 2.05) is 30.3 Å². The van der Waals surface area contributed by atoms with E-state index in [0.29, 0.717) is 35.1 Å². The van der Waals surface area contributed by atoms with E-state index in [4.69, 9.17) is 16.7 Å². The molecule has 1 saturated carbocycles. The Kier molecular flexibility index (Phi) is 7.54. The molecule has 10 heteroatoms. The largest absolute Gasteiger partial charge is 0.394 e. The molecule has 3 aromatic rings. The van der Waals surface area contributed by atoms with Crippen molar-refractivity contribution in [3.05, 3.63) is 59.5 Å². The Morgan fingerprint density at radius 3 is 2.69 bits per heavy atom. The van der Waals surface area contributed by atoms with Crippen LogP contribution in [-0.4, -0.2) is 48.8 Å². The van der Waals surface area contributed by atoms with Gasteiger partial charge in [0.25, 0.3) is 0 Å². The summed E-state index contributed by atoms with van der Waals surface area (Å²) in [4.78, 5) is 8.75. The molecule has 0 spiro atoms.